The summed E-state index contributed by atoms with van der Waals surface area (Å²) in [6.45, 7) is 3.03. The number of anilines is 1. The number of aryl methyl sites for hydroxylation is 1. The van der Waals surface area contributed by atoms with Crippen molar-refractivity contribution in [2.75, 3.05) is 18.5 Å². The number of rotatable bonds is 8. The highest BCUT2D eigenvalue weighted by molar-refractivity contribution is 5.94. The first-order valence-corrected chi connectivity index (χ1v) is 9.29. The molecule has 2 aromatic carbocycles. The molecule has 0 saturated carbocycles. The van der Waals surface area contributed by atoms with Gasteiger partial charge < -0.3 is 19.5 Å². The minimum absolute atomic E-state index is 0.0936. The Hall–Kier alpha value is -3.28. The monoisotopic (exact) mass is 378 g/mol. The fourth-order valence-electron chi connectivity index (χ4n) is 2.78. The van der Waals surface area contributed by atoms with Gasteiger partial charge in [-0.3, -0.25) is 4.79 Å². The van der Waals surface area contributed by atoms with Gasteiger partial charge in [0.25, 0.3) is 5.91 Å². The summed E-state index contributed by atoms with van der Waals surface area (Å²) in [6, 6.07) is 17.4. The van der Waals surface area contributed by atoms with Crippen LogP contribution in [0.25, 0.3) is 0 Å². The molecule has 0 fully saturated rings. The highest BCUT2D eigenvalue weighted by Crippen LogP contribution is 2.15. The minimum Gasteiger partial charge on any atom is -0.486 e. The number of carbonyl (C=O) groups is 1. The van der Waals surface area contributed by atoms with E-state index in [2.05, 4.69) is 34.3 Å². The maximum Gasteiger partial charge on any atom is 0.251 e. The number of likely N-dealkylation sites (N-methyl/N-ethyl adjacent to an activating group) is 1. The van der Waals surface area contributed by atoms with Crippen molar-refractivity contribution in [3.63, 3.8) is 0 Å². The largest absolute Gasteiger partial charge is 0.486 e. The van der Waals surface area contributed by atoms with E-state index in [0.717, 1.165) is 11.5 Å². The lowest BCUT2D eigenvalue weighted by atomic mass is 10.2. The zero-order valence-corrected chi connectivity index (χ0v) is 16.5. The third-order valence-corrected chi connectivity index (χ3v) is 4.79. The van der Waals surface area contributed by atoms with Crippen LogP contribution in [-0.4, -0.2) is 35.1 Å². The molecule has 0 aliphatic carbocycles. The van der Waals surface area contributed by atoms with E-state index >= 15 is 0 Å². The van der Waals surface area contributed by atoms with Crippen LogP contribution in [0.5, 0.6) is 5.75 Å². The topological polar surface area (TPSA) is 59.4 Å². The van der Waals surface area contributed by atoms with Gasteiger partial charge in [0.05, 0.1) is 0 Å². The van der Waals surface area contributed by atoms with Gasteiger partial charge in [0.15, 0.2) is 0 Å². The van der Waals surface area contributed by atoms with Gasteiger partial charge in [-0.05, 0) is 43.3 Å². The third-order valence-electron chi connectivity index (χ3n) is 4.79. The summed E-state index contributed by atoms with van der Waals surface area (Å²) in [5.74, 6) is 1.46. The summed E-state index contributed by atoms with van der Waals surface area (Å²) in [4.78, 5) is 18.8. The molecule has 0 radical (unpaired) electrons. The van der Waals surface area contributed by atoms with E-state index in [9.17, 15) is 4.79 Å². The van der Waals surface area contributed by atoms with Gasteiger partial charge in [0, 0.05) is 50.3 Å². The van der Waals surface area contributed by atoms with Crippen molar-refractivity contribution in [3.8, 4) is 5.75 Å². The Bertz CT molecular complexity index is 890. The summed E-state index contributed by atoms with van der Waals surface area (Å²) in [5, 5.41) is 3.00. The van der Waals surface area contributed by atoms with E-state index < -0.39 is 0 Å². The van der Waals surface area contributed by atoms with Crippen molar-refractivity contribution in [3.05, 3.63) is 78.4 Å². The molecular formula is C22H26N4O2. The number of para-hydroxylation sites is 1. The van der Waals surface area contributed by atoms with Crippen molar-refractivity contribution in [1.82, 2.24) is 14.9 Å². The highest BCUT2D eigenvalue weighted by Gasteiger charge is 2.12. The van der Waals surface area contributed by atoms with Gasteiger partial charge in [-0.25, -0.2) is 4.98 Å². The number of aromatic nitrogens is 2. The molecule has 6 heteroatoms. The summed E-state index contributed by atoms with van der Waals surface area (Å²) in [5.41, 5.74) is 1.73. The number of benzene rings is 2. The number of nitrogens with one attached hydrogen (secondary N) is 1. The second-order valence-corrected chi connectivity index (χ2v) is 6.77. The maximum absolute atomic E-state index is 12.4. The van der Waals surface area contributed by atoms with E-state index in [1.165, 1.54) is 0 Å². The Morgan fingerprint density at radius 1 is 1.18 bits per heavy atom. The summed E-state index contributed by atoms with van der Waals surface area (Å²) in [7, 11) is 3.95. The normalized spacial score (nSPS) is 11.7. The van der Waals surface area contributed by atoms with Crippen LogP contribution in [0.4, 0.5) is 5.69 Å². The number of carbonyl (C=O) groups excluding carboxylic acids is 1. The minimum atomic E-state index is -0.0936. The fraction of sp³-hybridized carbons (Fsp3) is 0.273. The number of hydrogen-bond acceptors (Lipinski definition) is 4. The first-order valence-electron chi connectivity index (χ1n) is 9.29. The van der Waals surface area contributed by atoms with Crippen molar-refractivity contribution >= 4 is 11.6 Å². The summed E-state index contributed by atoms with van der Waals surface area (Å²) < 4.78 is 7.64. The van der Waals surface area contributed by atoms with Gasteiger partial charge in [0.1, 0.15) is 18.2 Å². The van der Waals surface area contributed by atoms with Crippen LogP contribution >= 0.6 is 0 Å². The van der Waals surface area contributed by atoms with Crippen LogP contribution in [0, 0.1) is 0 Å². The lowest BCUT2D eigenvalue weighted by Gasteiger charge is -2.27. The molecule has 1 heterocycles. The van der Waals surface area contributed by atoms with Crippen molar-refractivity contribution in [1.29, 1.82) is 0 Å². The van der Waals surface area contributed by atoms with Crippen molar-refractivity contribution in [2.45, 2.75) is 19.6 Å². The standard InChI is InChI=1S/C22H26N4O2/c1-17(26(3)19-7-5-4-6-8-19)15-24-22(27)18-9-11-20(12-10-18)28-16-21-23-13-14-25(21)2/h4-14,17H,15-16H2,1-3H3,(H,24,27)/t17-/m0/s1. The van der Waals surface area contributed by atoms with Gasteiger partial charge in [-0.15, -0.1) is 0 Å². The van der Waals surface area contributed by atoms with Crippen LogP contribution < -0.4 is 15.0 Å². The predicted molar refractivity (Wildman–Crippen MR) is 111 cm³/mol. The average molecular weight is 378 g/mol. The Balaban J connectivity index is 1.49. The Morgan fingerprint density at radius 3 is 2.54 bits per heavy atom. The molecule has 1 amide bonds. The molecule has 0 aliphatic rings. The lowest BCUT2D eigenvalue weighted by Crippen LogP contribution is -2.40. The summed E-state index contributed by atoms with van der Waals surface area (Å²) in [6.07, 6.45) is 3.62. The smallest absolute Gasteiger partial charge is 0.251 e. The first-order chi connectivity index (χ1) is 13.5. The zero-order valence-electron chi connectivity index (χ0n) is 16.5. The van der Waals surface area contributed by atoms with E-state index in [0.29, 0.717) is 24.5 Å². The lowest BCUT2D eigenvalue weighted by molar-refractivity contribution is 0.0951. The third kappa shape index (κ3) is 4.91. The molecule has 1 N–H and O–H groups in total. The quantitative estimate of drug-likeness (QED) is 0.654. The Morgan fingerprint density at radius 2 is 1.89 bits per heavy atom. The zero-order chi connectivity index (χ0) is 19.9. The molecule has 28 heavy (non-hydrogen) atoms. The van der Waals surface area contributed by atoms with Crippen molar-refractivity contribution < 1.29 is 9.53 Å². The second kappa shape index (κ2) is 9.08. The molecule has 0 bridgehead atoms. The molecule has 0 spiro atoms. The fourth-order valence-corrected chi connectivity index (χ4v) is 2.78. The molecule has 0 aliphatic heterocycles. The van der Waals surface area contributed by atoms with Crippen LogP contribution in [-0.2, 0) is 13.7 Å². The number of amides is 1. The van der Waals surface area contributed by atoms with Crippen LogP contribution in [0.1, 0.15) is 23.1 Å². The molecular weight excluding hydrogens is 352 g/mol. The molecule has 0 saturated heterocycles. The molecule has 6 nitrogen and oxygen atoms in total. The van der Waals surface area contributed by atoms with Gasteiger partial charge >= 0.3 is 0 Å². The van der Waals surface area contributed by atoms with Crippen LogP contribution in [0.15, 0.2) is 67.0 Å². The molecule has 3 aromatic rings. The Kier molecular flexibility index (Phi) is 6.32. The average Bonchev–Trinajstić information content (AvgIpc) is 3.15. The molecule has 146 valence electrons. The predicted octanol–water partition coefficient (Wildman–Crippen LogP) is 3.25. The van der Waals surface area contributed by atoms with E-state index in [1.54, 1.807) is 30.5 Å². The number of imidazole rings is 1. The molecule has 1 atom stereocenters. The van der Waals surface area contributed by atoms with Gasteiger partial charge in [-0.1, -0.05) is 18.2 Å². The van der Waals surface area contributed by atoms with E-state index in [4.69, 9.17) is 4.74 Å². The number of hydrogen-bond donors (Lipinski definition) is 1. The number of nitrogens with zero attached hydrogens (tertiary/aromatic N) is 3. The molecule has 0 unspecified atom stereocenters. The first kappa shape index (κ1) is 19.5. The van der Waals surface area contributed by atoms with Crippen LogP contribution in [0.3, 0.4) is 0 Å². The van der Waals surface area contributed by atoms with Crippen LogP contribution in [0.2, 0.25) is 0 Å². The van der Waals surface area contributed by atoms with Gasteiger partial charge in [0.2, 0.25) is 0 Å². The Labute approximate surface area is 165 Å². The van der Waals surface area contributed by atoms with Crippen molar-refractivity contribution in [2.24, 2.45) is 7.05 Å². The molecule has 3 rings (SSSR count). The number of ether oxygens (including phenoxy) is 1. The maximum atomic E-state index is 12.4. The summed E-state index contributed by atoms with van der Waals surface area (Å²) >= 11 is 0. The second-order valence-electron chi connectivity index (χ2n) is 6.77. The SMILES string of the molecule is C[C@@H](CNC(=O)c1ccc(OCc2nccn2C)cc1)N(C)c1ccccc1. The van der Waals surface area contributed by atoms with E-state index in [1.807, 2.05) is 43.1 Å². The molecule has 1 aromatic heterocycles. The van der Waals surface area contributed by atoms with Gasteiger partial charge in [-0.2, -0.15) is 0 Å². The highest BCUT2D eigenvalue weighted by atomic mass is 16.5. The van der Waals surface area contributed by atoms with E-state index in [-0.39, 0.29) is 11.9 Å².